The maximum absolute atomic E-state index is 13.6. The largest absolute Gasteiger partial charge is 0.381 e. The van der Waals surface area contributed by atoms with E-state index in [1.165, 1.54) is 12.1 Å². The van der Waals surface area contributed by atoms with E-state index in [9.17, 15) is 9.50 Å². The summed E-state index contributed by atoms with van der Waals surface area (Å²) in [6.07, 6.45) is 0.915. The van der Waals surface area contributed by atoms with E-state index >= 15 is 0 Å². The van der Waals surface area contributed by atoms with E-state index < -0.39 is 11.4 Å². The standard InChI is InChI=1S/C16H15Cl2FO/c1-3-10-4-6-11(7-5-10)16(2,20)12-8-15(19)14(18)9-13(12)17/h4-9,20H,3H2,1-2H3. The van der Waals surface area contributed by atoms with E-state index in [4.69, 9.17) is 23.2 Å². The summed E-state index contributed by atoms with van der Waals surface area (Å²) < 4.78 is 13.6. The molecule has 106 valence electrons. The van der Waals surface area contributed by atoms with Crippen molar-refractivity contribution in [2.24, 2.45) is 0 Å². The molecule has 1 atom stereocenters. The molecule has 1 nitrogen and oxygen atoms in total. The Bertz CT molecular complexity index is 621. The molecule has 1 unspecified atom stereocenters. The van der Waals surface area contributed by atoms with Gasteiger partial charge in [0.25, 0.3) is 0 Å². The summed E-state index contributed by atoms with van der Waals surface area (Å²) in [5.74, 6) is -0.600. The van der Waals surface area contributed by atoms with Crippen molar-refractivity contribution in [3.63, 3.8) is 0 Å². The Balaban J connectivity index is 2.50. The van der Waals surface area contributed by atoms with Gasteiger partial charge in [-0.15, -0.1) is 0 Å². The third-order valence-electron chi connectivity index (χ3n) is 3.46. The molecule has 0 saturated heterocycles. The van der Waals surface area contributed by atoms with Crippen LogP contribution in [0.2, 0.25) is 10.0 Å². The van der Waals surface area contributed by atoms with Gasteiger partial charge in [-0.2, -0.15) is 0 Å². The van der Waals surface area contributed by atoms with Gasteiger partial charge in [-0.05, 0) is 36.6 Å². The Morgan fingerprint density at radius 1 is 1.10 bits per heavy atom. The second kappa shape index (κ2) is 5.72. The van der Waals surface area contributed by atoms with Crippen LogP contribution in [0.5, 0.6) is 0 Å². The third-order valence-corrected chi connectivity index (χ3v) is 4.06. The van der Waals surface area contributed by atoms with E-state index in [0.717, 1.165) is 12.0 Å². The Morgan fingerprint density at radius 2 is 1.70 bits per heavy atom. The van der Waals surface area contributed by atoms with Crippen molar-refractivity contribution in [3.8, 4) is 0 Å². The molecular formula is C16H15Cl2FO. The van der Waals surface area contributed by atoms with Crippen LogP contribution >= 0.6 is 23.2 Å². The molecule has 0 aliphatic heterocycles. The van der Waals surface area contributed by atoms with Crippen molar-refractivity contribution >= 4 is 23.2 Å². The highest BCUT2D eigenvalue weighted by Crippen LogP contribution is 2.36. The molecule has 0 radical (unpaired) electrons. The van der Waals surface area contributed by atoms with Gasteiger partial charge in [0, 0.05) is 10.6 Å². The summed E-state index contributed by atoms with van der Waals surface area (Å²) in [4.78, 5) is 0. The molecule has 0 amide bonds. The lowest BCUT2D eigenvalue weighted by molar-refractivity contribution is 0.102. The van der Waals surface area contributed by atoms with Crippen molar-refractivity contribution in [1.29, 1.82) is 0 Å². The van der Waals surface area contributed by atoms with Gasteiger partial charge in [-0.1, -0.05) is 54.4 Å². The minimum atomic E-state index is -1.38. The number of aryl methyl sites for hydroxylation is 1. The summed E-state index contributed by atoms with van der Waals surface area (Å²) in [5.41, 5.74) is 0.732. The summed E-state index contributed by atoms with van der Waals surface area (Å²) >= 11 is 11.8. The quantitative estimate of drug-likeness (QED) is 0.795. The second-order valence-electron chi connectivity index (χ2n) is 4.87. The normalized spacial score (nSPS) is 14.1. The topological polar surface area (TPSA) is 20.2 Å². The van der Waals surface area contributed by atoms with Crippen LogP contribution in [-0.4, -0.2) is 5.11 Å². The zero-order valence-corrected chi connectivity index (χ0v) is 12.8. The van der Waals surface area contributed by atoms with Gasteiger partial charge in [0.1, 0.15) is 11.4 Å². The fraction of sp³-hybridized carbons (Fsp3) is 0.250. The van der Waals surface area contributed by atoms with Gasteiger partial charge >= 0.3 is 0 Å². The van der Waals surface area contributed by atoms with Gasteiger partial charge in [0.2, 0.25) is 0 Å². The predicted octanol–water partition coefficient (Wildman–Crippen LogP) is 4.95. The van der Waals surface area contributed by atoms with Gasteiger partial charge < -0.3 is 5.11 Å². The van der Waals surface area contributed by atoms with E-state index in [2.05, 4.69) is 6.92 Å². The van der Waals surface area contributed by atoms with E-state index in [1.54, 1.807) is 6.92 Å². The van der Waals surface area contributed by atoms with Crippen LogP contribution < -0.4 is 0 Å². The minimum absolute atomic E-state index is 0.0594. The number of rotatable bonds is 3. The van der Waals surface area contributed by atoms with Gasteiger partial charge in [0.05, 0.1) is 5.02 Å². The van der Waals surface area contributed by atoms with Crippen LogP contribution in [0.25, 0.3) is 0 Å². The fourth-order valence-electron chi connectivity index (χ4n) is 2.12. The van der Waals surface area contributed by atoms with E-state index in [-0.39, 0.29) is 10.0 Å². The molecule has 0 aliphatic carbocycles. The van der Waals surface area contributed by atoms with Gasteiger partial charge in [-0.25, -0.2) is 4.39 Å². The molecule has 0 spiro atoms. The van der Waals surface area contributed by atoms with Gasteiger partial charge in [0.15, 0.2) is 0 Å². The van der Waals surface area contributed by atoms with Crippen LogP contribution in [0, 0.1) is 5.82 Å². The molecule has 0 fully saturated rings. The summed E-state index contributed by atoms with van der Waals surface area (Å²) in [5, 5.41) is 10.9. The van der Waals surface area contributed by atoms with Crippen molar-refractivity contribution < 1.29 is 9.50 Å². The number of hydrogen-bond donors (Lipinski definition) is 1. The molecule has 20 heavy (non-hydrogen) atoms. The molecule has 0 aliphatic rings. The maximum atomic E-state index is 13.6. The Morgan fingerprint density at radius 3 is 2.25 bits per heavy atom. The van der Waals surface area contributed by atoms with Crippen molar-refractivity contribution in [2.75, 3.05) is 0 Å². The van der Waals surface area contributed by atoms with Crippen LogP contribution in [0.3, 0.4) is 0 Å². The minimum Gasteiger partial charge on any atom is -0.381 e. The van der Waals surface area contributed by atoms with E-state index in [0.29, 0.717) is 11.1 Å². The number of hydrogen-bond acceptors (Lipinski definition) is 1. The zero-order chi connectivity index (χ0) is 14.9. The van der Waals surface area contributed by atoms with Crippen LogP contribution in [0.15, 0.2) is 36.4 Å². The molecule has 0 aromatic heterocycles. The van der Waals surface area contributed by atoms with Crippen LogP contribution in [-0.2, 0) is 12.0 Å². The predicted molar refractivity (Wildman–Crippen MR) is 80.9 cm³/mol. The monoisotopic (exact) mass is 312 g/mol. The number of benzene rings is 2. The zero-order valence-electron chi connectivity index (χ0n) is 11.3. The molecular weight excluding hydrogens is 298 g/mol. The molecule has 1 N–H and O–H groups in total. The van der Waals surface area contributed by atoms with Crippen LogP contribution in [0.1, 0.15) is 30.5 Å². The average molecular weight is 313 g/mol. The van der Waals surface area contributed by atoms with E-state index in [1.807, 2.05) is 24.3 Å². The molecule has 4 heteroatoms. The molecule has 2 rings (SSSR count). The number of aliphatic hydroxyl groups is 1. The fourth-order valence-corrected chi connectivity index (χ4v) is 2.68. The van der Waals surface area contributed by atoms with Crippen molar-refractivity contribution in [2.45, 2.75) is 25.9 Å². The first-order valence-corrected chi connectivity index (χ1v) is 7.08. The first-order chi connectivity index (χ1) is 9.36. The average Bonchev–Trinajstić information content (AvgIpc) is 2.42. The van der Waals surface area contributed by atoms with Crippen molar-refractivity contribution in [1.82, 2.24) is 0 Å². The Labute approximate surface area is 128 Å². The summed E-state index contributed by atoms with van der Waals surface area (Å²) in [7, 11) is 0. The Kier molecular flexibility index (Phi) is 4.38. The van der Waals surface area contributed by atoms with Gasteiger partial charge in [-0.3, -0.25) is 0 Å². The lowest BCUT2D eigenvalue weighted by atomic mass is 9.87. The first-order valence-electron chi connectivity index (χ1n) is 6.33. The van der Waals surface area contributed by atoms with Crippen LogP contribution in [0.4, 0.5) is 4.39 Å². The molecule has 2 aromatic rings. The third kappa shape index (κ3) is 2.83. The lowest BCUT2D eigenvalue weighted by Crippen LogP contribution is -2.23. The smallest absolute Gasteiger partial charge is 0.142 e. The summed E-state index contributed by atoms with van der Waals surface area (Å²) in [6, 6.07) is 10.00. The molecule has 0 heterocycles. The SMILES string of the molecule is CCc1ccc(C(C)(O)c2cc(F)c(Cl)cc2Cl)cc1. The molecule has 2 aromatic carbocycles. The highest BCUT2D eigenvalue weighted by molar-refractivity contribution is 6.35. The highest BCUT2D eigenvalue weighted by atomic mass is 35.5. The lowest BCUT2D eigenvalue weighted by Gasteiger charge is -2.26. The second-order valence-corrected chi connectivity index (χ2v) is 5.68. The summed E-state index contributed by atoms with van der Waals surface area (Å²) in [6.45, 7) is 3.64. The highest BCUT2D eigenvalue weighted by Gasteiger charge is 2.29. The first kappa shape index (κ1) is 15.3. The molecule has 0 bridgehead atoms. The maximum Gasteiger partial charge on any atom is 0.142 e. The van der Waals surface area contributed by atoms with Crippen molar-refractivity contribution in [3.05, 3.63) is 69.0 Å². The Hall–Kier alpha value is -1.09. The molecule has 0 saturated carbocycles. The number of halogens is 3.